The molecule has 0 aliphatic carbocycles. The first-order valence-corrected chi connectivity index (χ1v) is 5.35. The van der Waals surface area contributed by atoms with Gasteiger partial charge in [0.15, 0.2) is 0 Å². The van der Waals surface area contributed by atoms with Gasteiger partial charge in [-0.3, -0.25) is 4.79 Å². The van der Waals surface area contributed by atoms with Gasteiger partial charge in [0.2, 0.25) is 0 Å². The van der Waals surface area contributed by atoms with Gasteiger partial charge in [-0.1, -0.05) is 22.9 Å². The number of carboxylic acid groups (broad SMARTS) is 1. The number of halogens is 1. The minimum Gasteiger partial charge on any atom is -0.483 e. The quantitative estimate of drug-likeness (QED) is 0.782. The Bertz CT molecular complexity index is 451. The second-order valence-corrected chi connectivity index (χ2v) is 3.88. The summed E-state index contributed by atoms with van der Waals surface area (Å²) < 4.78 is 1.14. The van der Waals surface area contributed by atoms with Crippen molar-refractivity contribution in [2.24, 2.45) is 0 Å². The topological polar surface area (TPSA) is 53.1 Å². The fourth-order valence-corrected chi connectivity index (χ4v) is 1.80. The lowest BCUT2D eigenvalue weighted by atomic mass is 10.1. The molecule has 1 aromatic carbocycles. The number of H-pyrrole nitrogens is 1. The van der Waals surface area contributed by atoms with Gasteiger partial charge < -0.3 is 10.1 Å². The first-order valence-electron chi connectivity index (χ1n) is 4.56. The van der Waals surface area contributed by atoms with Crippen LogP contribution in [0.1, 0.15) is 12.5 Å². The number of carbonyl (C=O) groups is 1. The average molecular weight is 270 g/mol. The Balaban J connectivity index is 0.000000337. The lowest BCUT2D eigenvalue weighted by Crippen LogP contribution is -1.74. The van der Waals surface area contributed by atoms with Gasteiger partial charge in [0.1, 0.15) is 0 Å². The van der Waals surface area contributed by atoms with E-state index in [4.69, 9.17) is 9.90 Å². The van der Waals surface area contributed by atoms with E-state index in [1.54, 1.807) is 0 Å². The van der Waals surface area contributed by atoms with E-state index in [0.717, 1.165) is 10.9 Å². The molecule has 0 atom stereocenters. The number of rotatable bonds is 1. The molecule has 0 saturated carbocycles. The van der Waals surface area contributed by atoms with Crippen molar-refractivity contribution in [3.05, 3.63) is 34.4 Å². The van der Waals surface area contributed by atoms with E-state index in [9.17, 15) is 0 Å². The van der Waals surface area contributed by atoms with E-state index in [2.05, 4.69) is 52.2 Å². The van der Waals surface area contributed by atoms with E-state index in [0.29, 0.717) is 0 Å². The molecule has 1 heterocycles. The van der Waals surface area contributed by atoms with Gasteiger partial charge in [-0.05, 0) is 30.2 Å². The largest absolute Gasteiger partial charge is 0.483 e. The number of aryl methyl sites for hydroxylation is 1. The van der Waals surface area contributed by atoms with E-state index in [1.807, 2.05) is 0 Å². The molecule has 0 aliphatic rings. The molecular formula is C11H12BrNO2. The molecule has 2 aromatic rings. The van der Waals surface area contributed by atoms with Crippen LogP contribution in [-0.2, 0) is 11.2 Å². The van der Waals surface area contributed by atoms with Crippen LogP contribution in [0, 0.1) is 0 Å². The smallest absolute Gasteiger partial charge is 0.290 e. The number of aromatic nitrogens is 1. The van der Waals surface area contributed by atoms with Crippen molar-refractivity contribution >= 4 is 33.3 Å². The van der Waals surface area contributed by atoms with Crippen molar-refractivity contribution in [2.75, 3.05) is 0 Å². The van der Waals surface area contributed by atoms with E-state index in [-0.39, 0.29) is 6.47 Å². The summed E-state index contributed by atoms with van der Waals surface area (Å²) >= 11 is 3.47. The minimum absolute atomic E-state index is 0.250. The summed E-state index contributed by atoms with van der Waals surface area (Å²) in [5, 5.41) is 8.21. The number of nitrogens with one attached hydrogen (secondary N) is 1. The number of fused-ring (bicyclic) bond motifs is 1. The SMILES string of the molecule is CCc1c[nH]c2ccc(Br)cc12.O=CO. The average Bonchev–Trinajstić information content (AvgIpc) is 2.61. The zero-order valence-electron chi connectivity index (χ0n) is 8.33. The summed E-state index contributed by atoms with van der Waals surface area (Å²) in [4.78, 5) is 11.6. The van der Waals surface area contributed by atoms with Gasteiger partial charge in [-0.2, -0.15) is 0 Å². The molecule has 1 aromatic heterocycles. The van der Waals surface area contributed by atoms with Crippen LogP contribution < -0.4 is 0 Å². The van der Waals surface area contributed by atoms with Gasteiger partial charge in [0.05, 0.1) is 0 Å². The summed E-state index contributed by atoms with van der Waals surface area (Å²) in [7, 11) is 0. The molecule has 0 aliphatic heterocycles. The standard InChI is InChI=1S/C10H10BrN.CH2O2/c1-2-7-6-12-10-4-3-8(11)5-9(7)10;2-1-3/h3-6,12H,2H2,1H3;1H,(H,2,3). The van der Waals surface area contributed by atoms with Gasteiger partial charge in [0, 0.05) is 21.6 Å². The van der Waals surface area contributed by atoms with Crippen LogP contribution in [0.5, 0.6) is 0 Å². The molecule has 0 fully saturated rings. The fourth-order valence-electron chi connectivity index (χ4n) is 1.44. The molecule has 15 heavy (non-hydrogen) atoms. The Morgan fingerprint density at radius 1 is 1.53 bits per heavy atom. The summed E-state index contributed by atoms with van der Waals surface area (Å²) in [5.41, 5.74) is 2.60. The molecule has 0 spiro atoms. The van der Waals surface area contributed by atoms with E-state index >= 15 is 0 Å². The molecule has 0 unspecified atom stereocenters. The molecular weight excluding hydrogens is 258 g/mol. The third-order valence-electron chi connectivity index (χ3n) is 2.11. The second kappa shape index (κ2) is 5.56. The van der Waals surface area contributed by atoms with Crippen LogP contribution in [0.15, 0.2) is 28.9 Å². The lowest BCUT2D eigenvalue weighted by molar-refractivity contribution is -0.122. The van der Waals surface area contributed by atoms with Gasteiger partial charge >= 0.3 is 0 Å². The molecule has 0 amide bonds. The molecule has 0 radical (unpaired) electrons. The maximum Gasteiger partial charge on any atom is 0.290 e. The Hall–Kier alpha value is -1.29. The number of benzene rings is 1. The predicted molar refractivity (Wildman–Crippen MR) is 64.1 cm³/mol. The molecule has 2 rings (SSSR count). The van der Waals surface area contributed by atoms with Crippen LogP contribution in [0.4, 0.5) is 0 Å². The van der Waals surface area contributed by atoms with Crippen molar-refractivity contribution in [1.82, 2.24) is 4.98 Å². The Morgan fingerprint density at radius 3 is 2.80 bits per heavy atom. The van der Waals surface area contributed by atoms with Gasteiger partial charge in [-0.15, -0.1) is 0 Å². The Morgan fingerprint density at radius 2 is 2.20 bits per heavy atom. The van der Waals surface area contributed by atoms with Crippen molar-refractivity contribution < 1.29 is 9.90 Å². The highest BCUT2D eigenvalue weighted by Crippen LogP contribution is 2.22. The highest BCUT2D eigenvalue weighted by molar-refractivity contribution is 9.10. The highest BCUT2D eigenvalue weighted by atomic mass is 79.9. The second-order valence-electron chi connectivity index (χ2n) is 2.96. The third kappa shape index (κ3) is 2.83. The number of hydrogen-bond acceptors (Lipinski definition) is 1. The predicted octanol–water partition coefficient (Wildman–Crippen LogP) is 3.19. The zero-order chi connectivity index (χ0) is 11.3. The van der Waals surface area contributed by atoms with Crippen LogP contribution in [0.2, 0.25) is 0 Å². The summed E-state index contributed by atoms with van der Waals surface area (Å²) in [6.45, 7) is 1.92. The first kappa shape index (κ1) is 11.8. The van der Waals surface area contributed by atoms with Crippen molar-refractivity contribution in [3.8, 4) is 0 Å². The van der Waals surface area contributed by atoms with Crippen molar-refractivity contribution in [1.29, 1.82) is 0 Å². The number of aromatic amines is 1. The maximum absolute atomic E-state index is 8.36. The molecule has 0 saturated heterocycles. The molecule has 4 heteroatoms. The maximum atomic E-state index is 8.36. The highest BCUT2D eigenvalue weighted by Gasteiger charge is 2.00. The molecule has 80 valence electrons. The van der Waals surface area contributed by atoms with Gasteiger partial charge in [0.25, 0.3) is 6.47 Å². The molecule has 3 nitrogen and oxygen atoms in total. The Kier molecular flexibility index (Phi) is 4.37. The number of hydrogen-bond donors (Lipinski definition) is 2. The zero-order valence-corrected chi connectivity index (χ0v) is 9.91. The van der Waals surface area contributed by atoms with Crippen LogP contribution >= 0.6 is 15.9 Å². The minimum atomic E-state index is -0.250. The molecule has 0 bridgehead atoms. The monoisotopic (exact) mass is 269 g/mol. The van der Waals surface area contributed by atoms with E-state index in [1.165, 1.54) is 16.5 Å². The van der Waals surface area contributed by atoms with Gasteiger partial charge in [-0.25, -0.2) is 0 Å². The Labute approximate surface area is 96.2 Å². The summed E-state index contributed by atoms with van der Waals surface area (Å²) in [5.74, 6) is 0. The van der Waals surface area contributed by atoms with Crippen molar-refractivity contribution in [3.63, 3.8) is 0 Å². The fraction of sp³-hybridized carbons (Fsp3) is 0.182. The lowest BCUT2D eigenvalue weighted by Gasteiger charge is -1.94. The van der Waals surface area contributed by atoms with Crippen molar-refractivity contribution in [2.45, 2.75) is 13.3 Å². The van der Waals surface area contributed by atoms with Crippen LogP contribution in [0.3, 0.4) is 0 Å². The summed E-state index contributed by atoms with van der Waals surface area (Å²) in [6.07, 6.45) is 3.16. The molecule has 2 N–H and O–H groups in total. The summed E-state index contributed by atoms with van der Waals surface area (Å²) in [6, 6.07) is 6.31. The normalized spacial score (nSPS) is 9.47. The van der Waals surface area contributed by atoms with E-state index < -0.39 is 0 Å². The van der Waals surface area contributed by atoms with Crippen LogP contribution in [-0.4, -0.2) is 16.6 Å². The first-order chi connectivity index (χ1) is 7.22. The third-order valence-corrected chi connectivity index (χ3v) is 2.60. The van der Waals surface area contributed by atoms with Crippen LogP contribution in [0.25, 0.3) is 10.9 Å².